The summed E-state index contributed by atoms with van der Waals surface area (Å²) in [5.74, 6) is -0.331. The number of hydrogen-bond acceptors (Lipinski definition) is 7. The number of hydrogen-bond donors (Lipinski definition) is 3. The number of imidazole rings is 1. The lowest BCUT2D eigenvalue weighted by Gasteiger charge is -2.26. The molecule has 1 unspecified atom stereocenters. The highest BCUT2D eigenvalue weighted by atomic mass is 16.2. The molecule has 0 fully saturated rings. The first-order valence-electron chi connectivity index (χ1n) is 9.73. The maximum atomic E-state index is 12.2. The summed E-state index contributed by atoms with van der Waals surface area (Å²) < 4.78 is 2.20. The van der Waals surface area contributed by atoms with Crippen molar-refractivity contribution >= 4 is 46.0 Å². The van der Waals surface area contributed by atoms with Gasteiger partial charge in [-0.3, -0.25) is 28.9 Å². The van der Waals surface area contributed by atoms with Gasteiger partial charge in [0, 0.05) is 33.5 Å². The van der Waals surface area contributed by atoms with Crippen LogP contribution in [0.25, 0.3) is 11.2 Å². The van der Waals surface area contributed by atoms with Crippen LogP contribution in [0.15, 0.2) is 38.1 Å². The smallest absolute Gasteiger partial charge is 0.324 e. The van der Waals surface area contributed by atoms with Crippen molar-refractivity contribution in [1.82, 2.24) is 19.1 Å². The van der Waals surface area contributed by atoms with E-state index in [1.807, 2.05) is 6.92 Å². The SMILES string of the molecule is CC(=O)N1c2ccc(NN=Nc3nc4c([nH]3)c(=O)n(C)c(=O)n4C)cc2NC(=O)CC1C. The third-order valence-corrected chi connectivity index (χ3v) is 5.20. The van der Waals surface area contributed by atoms with E-state index in [1.165, 1.54) is 25.6 Å². The van der Waals surface area contributed by atoms with Crippen LogP contribution in [0.5, 0.6) is 0 Å². The molecule has 32 heavy (non-hydrogen) atoms. The maximum absolute atomic E-state index is 12.2. The summed E-state index contributed by atoms with van der Waals surface area (Å²) in [5, 5.41) is 10.6. The molecule has 3 aromatic rings. The van der Waals surface area contributed by atoms with E-state index >= 15 is 0 Å². The molecule has 0 radical (unpaired) electrons. The van der Waals surface area contributed by atoms with Crippen molar-refractivity contribution < 1.29 is 9.59 Å². The largest absolute Gasteiger partial charge is 0.332 e. The van der Waals surface area contributed by atoms with Gasteiger partial charge in [-0.2, -0.15) is 4.98 Å². The van der Waals surface area contributed by atoms with Gasteiger partial charge in [0.1, 0.15) is 0 Å². The highest BCUT2D eigenvalue weighted by molar-refractivity contribution is 6.04. The van der Waals surface area contributed by atoms with Gasteiger partial charge in [0.2, 0.25) is 11.8 Å². The van der Waals surface area contributed by atoms with Gasteiger partial charge < -0.3 is 15.2 Å². The minimum absolute atomic E-state index is 0.0328. The number of aryl methyl sites for hydroxylation is 1. The fourth-order valence-electron chi connectivity index (χ4n) is 3.69. The van der Waals surface area contributed by atoms with E-state index in [0.717, 1.165) is 4.57 Å². The molecular weight excluding hydrogens is 418 g/mol. The molecule has 2 amide bonds. The van der Waals surface area contributed by atoms with Crippen molar-refractivity contribution in [2.45, 2.75) is 26.3 Å². The average molecular weight is 439 g/mol. The van der Waals surface area contributed by atoms with Gasteiger partial charge in [-0.1, -0.05) is 10.3 Å². The summed E-state index contributed by atoms with van der Waals surface area (Å²) >= 11 is 0. The Balaban J connectivity index is 1.61. The Hall–Kier alpha value is -4.29. The van der Waals surface area contributed by atoms with E-state index in [2.05, 4.69) is 31.0 Å². The molecule has 1 aliphatic heterocycles. The number of aromatic amines is 1. The Bertz CT molecular complexity index is 1400. The minimum Gasteiger partial charge on any atom is -0.324 e. The van der Waals surface area contributed by atoms with Crippen molar-refractivity contribution in [2.75, 3.05) is 15.6 Å². The maximum Gasteiger partial charge on any atom is 0.332 e. The Kier molecular flexibility index (Phi) is 5.08. The number of amides is 2. The number of anilines is 3. The molecule has 3 N–H and O–H groups in total. The number of fused-ring (bicyclic) bond motifs is 2. The van der Waals surface area contributed by atoms with E-state index in [1.54, 1.807) is 23.1 Å². The fourth-order valence-corrected chi connectivity index (χ4v) is 3.69. The number of nitrogens with zero attached hydrogens (tertiary/aromatic N) is 6. The second-order valence-corrected chi connectivity index (χ2v) is 7.50. The van der Waals surface area contributed by atoms with Crippen molar-refractivity contribution in [3.63, 3.8) is 0 Å². The van der Waals surface area contributed by atoms with Gasteiger partial charge >= 0.3 is 5.69 Å². The van der Waals surface area contributed by atoms with E-state index in [4.69, 9.17) is 0 Å². The van der Waals surface area contributed by atoms with Crippen molar-refractivity contribution in [1.29, 1.82) is 0 Å². The fraction of sp³-hybridized carbons (Fsp3) is 0.316. The molecule has 3 heterocycles. The highest BCUT2D eigenvalue weighted by Gasteiger charge is 2.27. The van der Waals surface area contributed by atoms with Crippen LogP contribution in [0.4, 0.5) is 23.0 Å². The van der Waals surface area contributed by atoms with Crippen LogP contribution >= 0.6 is 0 Å². The molecule has 13 nitrogen and oxygen atoms in total. The van der Waals surface area contributed by atoms with Gasteiger partial charge in [0.05, 0.1) is 17.1 Å². The lowest BCUT2D eigenvalue weighted by atomic mass is 10.1. The van der Waals surface area contributed by atoms with Crippen molar-refractivity contribution in [2.24, 2.45) is 24.4 Å². The third kappa shape index (κ3) is 3.53. The molecule has 0 aliphatic carbocycles. The van der Waals surface area contributed by atoms with Gasteiger partial charge in [-0.25, -0.2) is 4.79 Å². The minimum atomic E-state index is -0.518. The number of carbonyl (C=O) groups is 2. The molecule has 0 saturated carbocycles. The van der Waals surface area contributed by atoms with Gasteiger partial charge in [0.15, 0.2) is 11.2 Å². The summed E-state index contributed by atoms with van der Waals surface area (Å²) in [6.07, 6.45) is 0.185. The zero-order valence-corrected chi connectivity index (χ0v) is 17.8. The third-order valence-electron chi connectivity index (χ3n) is 5.20. The number of rotatable bonds is 3. The molecule has 4 rings (SSSR count). The van der Waals surface area contributed by atoms with Crippen LogP contribution in [0, 0.1) is 0 Å². The summed E-state index contributed by atoms with van der Waals surface area (Å²) in [6.45, 7) is 3.26. The van der Waals surface area contributed by atoms with Crippen LogP contribution in [0.2, 0.25) is 0 Å². The predicted octanol–water partition coefficient (Wildman–Crippen LogP) is 1.15. The Morgan fingerprint density at radius 3 is 2.69 bits per heavy atom. The standard InChI is InChI=1S/C19H21N9O4/c1-9-7-14(30)20-12-8-11(5-6-13(12)28(9)10(2)29)23-25-24-18-21-15-16(22-18)26(3)19(32)27(4)17(15)31/h5-6,8-9H,7H2,1-4H3,(H,20,30)(H2,21,22,23,24). The van der Waals surface area contributed by atoms with E-state index in [0.29, 0.717) is 17.1 Å². The molecule has 0 saturated heterocycles. The Morgan fingerprint density at radius 1 is 1.22 bits per heavy atom. The quantitative estimate of drug-likeness (QED) is 0.410. The molecule has 0 spiro atoms. The molecule has 13 heteroatoms. The number of benzene rings is 1. The number of carbonyl (C=O) groups excluding carboxylic acids is 2. The Labute approximate surface area is 180 Å². The molecule has 166 valence electrons. The normalized spacial score (nSPS) is 16.2. The highest BCUT2D eigenvalue weighted by Crippen LogP contribution is 2.34. The molecular formula is C19H21N9O4. The summed E-state index contributed by atoms with van der Waals surface area (Å²) in [4.78, 5) is 56.9. The summed E-state index contributed by atoms with van der Waals surface area (Å²) in [5.41, 5.74) is 3.56. The zero-order chi connectivity index (χ0) is 23.2. The van der Waals surface area contributed by atoms with Gasteiger partial charge in [0.25, 0.3) is 11.5 Å². The Morgan fingerprint density at radius 2 is 1.97 bits per heavy atom. The van der Waals surface area contributed by atoms with Crippen LogP contribution in [-0.4, -0.2) is 37.0 Å². The first-order chi connectivity index (χ1) is 15.2. The second-order valence-electron chi connectivity index (χ2n) is 7.50. The lowest BCUT2D eigenvalue weighted by Crippen LogP contribution is -2.37. The van der Waals surface area contributed by atoms with E-state index in [-0.39, 0.29) is 41.4 Å². The van der Waals surface area contributed by atoms with Crippen LogP contribution in [-0.2, 0) is 23.7 Å². The summed E-state index contributed by atoms with van der Waals surface area (Å²) in [7, 11) is 2.87. The van der Waals surface area contributed by atoms with Crippen molar-refractivity contribution in [3.8, 4) is 0 Å². The molecule has 1 atom stereocenters. The molecule has 1 aliphatic rings. The van der Waals surface area contributed by atoms with E-state index in [9.17, 15) is 19.2 Å². The monoisotopic (exact) mass is 439 g/mol. The molecule has 0 bridgehead atoms. The topological polar surface area (TPSA) is 159 Å². The average Bonchev–Trinajstić information content (AvgIpc) is 3.11. The molecule has 1 aromatic carbocycles. The van der Waals surface area contributed by atoms with Crippen LogP contribution in [0.1, 0.15) is 20.3 Å². The first-order valence-corrected chi connectivity index (χ1v) is 9.73. The first kappa shape index (κ1) is 21.0. The van der Waals surface area contributed by atoms with E-state index < -0.39 is 11.2 Å². The zero-order valence-electron chi connectivity index (χ0n) is 17.8. The lowest BCUT2D eigenvalue weighted by molar-refractivity contribution is -0.117. The van der Waals surface area contributed by atoms with Crippen LogP contribution in [0.3, 0.4) is 0 Å². The molecule has 2 aromatic heterocycles. The predicted molar refractivity (Wildman–Crippen MR) is 117 cm³/mol. The number of nitrogens with one attached hydrogen (secondary N) is 3. The second kappa shape index (κ2) is 7.76. The van der Waals surface area contributed by atoms with Gasteiger partial charge in [-0.05, 0) is 25.1 Å². The number of aromatic nitrogens is 4. The summed E-state index contributed by atoms with van der Waals surface area (Å²) in [6, 6.07) is 4.76. The number of H-pyrrole nitrogens is 1. The van der Waals surface area contributed by atoms with Crippen molar-refractivity contribution in [3.05, 3.63) is 39.0 Å². The van der Waals surface area contributed by atoms with Gasteiger partial charge in [-0.15, -0.1) is 0 Å². The van der Waals surface area contributed by atoms with Crippen LogP contribution < -0.4 is 26.9 Å².